The first-order valence-electron chi connectivity index (χ1n) is 13.8. The lowest BCUT2D eigenvalue weighted by molar-refractivity contribution is -0.192. The van der Waals surface area contributed by atoms with Gasteiger partial charge in [-0.05, 0) is 61.2 Å². The van der Waals surface area contributed by atoms with Gasteiger partial charge < -0.3 is 59.8 Å². The number of hydrogen-bond donors (Lipinski definition) is 8. The molecule has 0 unspecified atom stereocenters. The standard InChI is InChI=1S/C16H20O7.C8H10O3.C6H12O3/c1-21-13-4-2-10(6-12(13)19)3-5-16(20)23-14-7-11(18)9-22-15(14)8-17;9-4-3-6-1-2-7(10)8(11)5-6;1-4-5(7)2-3-6(8)9-4/h2-6,11,14-15,17-19H,7-9H2,1H3;1-2,5,9-11H,3-4H2;4-8H,2-3H2,1H3/b5-3+;;/t11-,14+,15-;;4-,5+,6+/m1.0/s1. The van der Waals surface area contributed by atoms with Crippen molar-refractivity contribution >= 4 is 12.0 Å². The summed E-state index contributed by atoms with van der Waals surface area (Å²) in [4.78, 5) is 11.8. The Kier molecular flexibility index (Phi) is 15.2. The van der Waals surface area contributed by atoms with Gasteiger partial charge in [-0.1, -0.05) is 12.1 Å². The van der Waals surface area contributed by atoms with E-state index in [1.807, 2.05) is 0 Å². The lowest BCUT2D eigenvalue weighted by atomic mass is 10.0. The third-order valence-corrected chi connectivity index (χ3v) is 6.55. The van der Waals surface area contributed by atoms with Gasteiger partial charge in [-0.25, -0.2) is 4.79 Å². The zero-order chi connectivity index (χ0) is 31.9. The fourth-order valence-electron chi connectivity index (χ4n) is 4.10. The Morgan fingerprint density at radius 1 is 1.00 bits per heavy atom. The quantitative estimate of drug-likeness (QED) is 0.125. The van der Waals surface area contributed by atoms with Crippen molar-refractivity contribution in [3.63, 3.8) is 0 Å². The number of aliphatic hydroxyl groups excluding tert-OH is 5. The number of methoxy groups -OCH3 is 1. The predicted molar refractivity (Wildman–Crippen MR) is 153 cm³/mol. The molecule has 0 amide bonds. The van der Waals surface area contributed by atoms with Gasteiger partial charge in [0.2, 0.25) is 0 Å². The second kappa shape index (κ2) is 18.3. The smallest absolute Gasteiger partial charge is 0.331 e. The number of ether oxygens (including phenoxy) is 4. The largest absolute Gasteiger partial charge is 0.504 e. The van der Waals surface area contributed by atoms with Crippen molar-refractivity contribution in [1.82, 2.24) is 0 Å². The van der Waals surface area contributed by atoms with Crippen LogP contribution in [0.4, 0.5) is 0 Å². The molecule has 13 heteroatoms. The molecule has 2 heterocycles. The van der Waals surface area contributed by atoms with Crippen LogP contribution in [0.2, 0.25) is 0 Å². The van der Waals surface area contributed by atoms with Crippen LogP contribution in [0.5, 0.6) is 23.0 Å². The van der Waals surface area contributed by atoms with Gasteiger partial charge in [0.15, 0.2) is 29.3 Å². The number of esters is 1. The zero-order valence-electron chi connectivity index (χ0n) is 24.2. The van der Waals surface area contributed by atoms with E-state index in [-0.39, 0.29) is 49.6 Å². The fraction of sp³-hybridized carbons (Fsp3) is 0.500. The van der Waals surface area contributed by atoms with Crippen LogP contribution in [0, 0.1) is 0 Å². The molecule has 0 saturated carbocycles. The number of phenolic OH excluding ortho intramolecular Hbond substituents is 3. The molecule has 0 radical (unpaired) electrons. The van der Waals surface area contributed by atoms with E-state index >= 15 is 0 Å². The molecule has 8 N–H and O–H groups in total. The van der Waals surface area contributed by atoms with Crippen LogP contribution in [0.3, 0.4) is 0 Å². The molecule has 2 aromatic rings. The minimum Gasteiger partial charge on any atom is -0.504 e. The molecule has 0 aliphatic carbocycles. The molecule has 0 aromatic heterocycles. The van der Waals surface area contributed by atoms with E-state index < -0.39 is 36.7 Å². The minimum atomic E-state index is -0.724. The summed E-state index contributed by atoms with van der Waals surface area (Å²) in [5, 5.41) is 72.8. The van der Waals surface area contributed by atoms with E-state index in [1.165, 1.54) is 37.5 Å². The van der Waals surface area contributed by atoms with Gasteiger partial charge in [0.25, 0.3) is 0 Å². The minimum absolute atomic E-state index is 0.0350. The Hall–Kier alpha value is -3.43. The lowest BCUT2D eigenvalue weighted by Crippen LogP contribution is -2.45. The molecule has 13 nitrogen and oxygen atoms in total. The van der Waals surface area contributed by atoms with Crippen molar-refractivity contribution in [3.8, 4) is 23.0 Å². The summed E-state index contributed by atoms with van der Waals surface area (Å²) >= 11 is 0. The lowest BCUT2D eigenvalue weighted by Gasteiger charge is -2.32. The second-order valence-electron chi connectivity index (χ2n) is 9.92. The molecule has 2 aromatic carbocycles. The van der Waals surface area contributed by atoms with Crippen molar-refractivity contribution in [2.75, 3.05) is 26.9 Å². The third-order valence-electron chi connectivity index (χ3n) is 6.55. The summed E-state index contributed by atoms with van der Waals surface area (Å²) in [6, 6.07) is 9.20. The maximum absolute atomic E-state index is 11.8. The molecule has 240 valence electrons. The van der Waals surface area contributed by atoms with Gasteiger partial charge in [0, 0.05) is 25.5 Å². The van der Waals surface area contributed by atoms with Gasteiger partial charge in [-0.3, -0.25) is 0 Å². The second-order valence-corrected chi connectivity index (χ2v) is 9.92. The van der Waals surface area contributed by atoms with E-state index in [0.29, 0.717) is 30.6 Å². The van der Waals surface area contributed by atoms with Crippen molar-refractivity contribution in [3.05, 3.63) is 53.6 Å². The molecule has 2 saturated heterocycles. The summed E-state index contributed by atoms with van der Waals surface area (Å²) in [6.07, 6.45) is 1.25. The molecule has 43 heavy (non-hydrogen) atoms. The van der Waals surface area contributed by atoms with Crippen LogP contribution in [0.1, 0.15) is 37.3 Å². The Labute approximate surface area is 249 Å². The zero-order valence-corrected chi connectivity index (χ0v) is 24.2. The third kappa shape index (κ3) is 12.4. The number of carbonyl (C=O) groups excluding carboxylic acids is 1. The van der Waals surface area contributed by atoms with Crippen molar-refractivity contribution in [2.45, 2.75) is 69.4 Å². The summed E-state index contributed by atoms with van der Waals surface area (Å²) in [7, 11) is 1.44. The number of aliphatic hydroxyl groups is 5. The highest BCUT2D eigenvalue weighted by atomic mass is 16.6. The van der Waals surface area contributed by atoms with Crippen LogP contribution in [-0.4, -0.2) is 111 Å². The molecule has 2 fully saturated rings. The van der Waals surface area contributed by atoms with E-state index in [9.17, 15) is 20.1 Å². The van der Waals surface area contributed by atoms with Crippen LogP contribution in [0.25, 0.3) is 6.08 Å². The topological polar surface area (TPSA) is 216 Å². The van der Waals surface area contributed by atoms with Crippen LogP contribution in [-0.2, 0) is 25.4 Å². The molecule has 2 aliphatic heterocycles. The number of aromatic hydroxyl groups is 3. The van der Waals surface area contributed by atoms with Crippen molar-refractivity contribution < 1.29 is 64.6 Å². The number of rotatable bonds is 7. The fourth-order valence-corrected chi connectivity index (χ4v) is 4.10. The Balaban J connectivity index is 0.000000265. The number of benzene rings is 2. The average Bonchev–Trinajstić information content (AvgIpc) is 2.97. The van der Waals surface area contributed by atoms with Gasteiger partial charge in [-0.2, -0.15) is 0 Å². The number of phenols is 3. The van der Waals surface area contributed by atoms with E-state index in [2.05, 4.69) is 0 Å². The highest BCUT2D eigenvalue weighted by molar-refractivity contribution is 5.87. The van der Waals surface area contributed by atoms with Gasteiger partial charge in [-0.15, -0.1) is 0 Å². The first kappa shape index (κ1) is 35.8. The van der Waals surface area contributed by atoms with E-state index in [4.69, 9.17) is 44.5 Å². The molecule has 0 bridgehead atoms. The highest BCUT2D eigenvalue weighted by Gasteiger charge is 2.32. The average molecular weight is 611 g/mol. The van der Waals surface area contributed by atoms with E-state index in [1.54, 1.807) is 25.1 Å². The van der Waals surface area contributed by atoms with Crippen molar-refractivity contribution in [2.24, 2.45) is 0 Å². The molecule has 0 spiro atoms. The summed E-state index contributed by atoms with van der Waals surface area (Å²) in [5.74, 6) is -0.597. The predicted octanol–water partition coefficient (Wildman–Crippen LogP) is 0.965. The monoisotopic (exact) mass is 610 g/mol. The van der Waals surface area contributed by atoms with Gasteiger partial charge in [0.1, 0.15) is 12.2 Å². The van der Waals surface area contributed by atoms with Gasteiger partial charge in [0.05, 0.1) is 38.6 Å². The van der Waals surface area contributed by atoms with Crippen molar-refractivity contribution in [1.29, 1.82) is 0 Å². The van der Waals surface area contributed by atoms with Crippen LogP contribution >= 0.6 is 0 Å². The van der Waals surface area contributed by atoms with E-state index in [0.717, 1.165) is 5.56 Å². The Morgan fingerprint density at radius 2 is 1.74 bits per heavy atom. The normalized spacial score (nSPS) is 25.1. The Bertz CT molecular complexity index is 1150. The SMILES string of the molecule is COc1ccc(/C=C/C(=O)O[C@H]2C[C@@H](O)CO[C@@H]2CO)cc1O.C[C@@H]1O[C@@H](O)CC[C@H]1O.OCCc1ccc(O)c(O)c1. The van der Waals surface area contributed by atoms with Crippen LogP contribution < -0.4 is 4.74 Å². The molecular weight excluding hydrogens is 568 g/mol. The molecule has 4 rings (SSSR count). The number of hydrogen-bond acceptors (Lipinski definition) is 13. The maximum Gasteiger partial charge on any atom is 0.331 e. The molecule has 6 atom stereocenters. The molecule has 2 aliphatic rings. The highest BCUT2D eigenvalue weighted by Crippen LogP contribution is 2.27. The first-order valence-corrected chi connectivity index (χ1v) is 13.8. The molecular formula is C30H42O13. The maximum atomic E-state index is 11.8. The summed E-state index contributed by atoms with van der Waals surface area (Å²) in [5.41, 5.74) is 1.40. The Morgan fingerprint density at radius 3 is 2.33 bits per heavy atom. The van der Waals surface area contributed by atoms with Crippen LogP contribution in [0.15, 0.2) is 42.5 Å². The first-order chi connectivity index (χ1) is 20.5. The van der Waals surface area contributed by atoms with Gasteiger partial charge >= 0.3 is 5.97 Å². The summed E-state index contributed by atoms with van der Waals surface area (Å²) in [6.45, 7) is 1.62. The summed E-state index contributed by atoms with van der Waals surface area (Å²) < 4.78 is 20.3. The number of carbonyl (C=O) groups is 1.